The lowest BCUT2D eigenvalue weighted by molar-refractivity contribution is 0.149. The zero-order valence-electron chi connectivity index (χ0n) is 8.67. The van der Waals surface area contributed by atoms with Crippen LogP contribution < -0.4 is 0 Å². The van der Waals surface area contributed by atoms with Crippen LogP contribution in [0.2, 0.25) is 0 Å². The second-order valence-corrected chi connectivity index (χ2v) is 4.41. The highest BCUT2D eigenvalue weighted by atomic mass is 16.3. The minimum Gasteiger partial charge on any atom is -0.508 e. The summed E-state index contributed by atoms with van der Waals surface area (Å²) in [6.45, 7) is 4.02. The third-order valence-electron chi connectivity index (χ3n) is 3.18. The predicted molar refractivity (Wildman–Crippen MR) is 55.5 cm³/mol. The maximum Gasteiger partial charge on any atom is 0.119 e. The molecule has 1 aromatic rings. The van der Waals surface area contributed by atoms with E-state index in [0.717, 1.165) is 24.0 Å². The maximum absolute atomic E-state index is 9.81. The molecule has 0 spiro atoms. The Balaban J connectivity index is 2.35. The Kier molecular flexibility index (Phi) is 2.04. The highest BCUT2D eigenvalue weighted by molar-refractivity contribution is 5.44. The van der Waals surface area contributed by atoms with Gasteiger partial charge in [0.05, 0.1) is 5.60 Å². The molecule has 2 N–H and O–H groups in total. The molecule has 0 aliphatic heterocycles. The summed E-state index contributed by atoms with van der Waals surface area (Å²) in [7, 11) is 0. The fourth-order valence-corrected chi connectivity index (χ4v) is 1.73. The number of rotatable bonds is 2. The standard InChI is InChI=1S/C12H16O2/c1-8-3-4-11(13)10(9(8)2)7-12(14)5-6-12/h3-4,13-14H,5-7H2,1-2H3. The lowest BCUT2D eigenvalue weighted by atomic mass is 9.97. The molecule has 0 heterocycles. The summed E-state index contributed by atoms with van der Waals surface area (Å²) in [4.78, 5) is 0. The minimum atomic E-state index is -0.532. The molecule has 1 fully saturated rings. The molecule has 1 aliphatic rings. The van der Waals surface area contributed by atoms with Crippen LogP contribution in [0.3, 0.4) is 0 Å². The fraction of sp³-hybridized carbons (Fsp3) is 0.500. The van der Waals surface area contributed by atoms with Crippen LogP contribution in [0.5, 0.6) is 5.75 Å². The van der Waals surface area contributed by atoms with Gasteiger partial charge in [-0.2, -0.15) is 0 Å². The first-order chi connectivity index (χ1) is 6.52. The van der Waals surface area contributed by atoms with Crippen molar-refractivity contribution in [3.63, 3.8) is 0 Å². The third-order valence-corrected chi connectivity index (χ3v) is 3.18. The highest BCUT2D eigenvalue weighted by Gasteiger charge is 2.41. The van der Waals surface area contributed by atoms with Crippen molar-refractivity contribution in [3.05, 3.63) is 28.8 Å². The molecular weight excluding hydrogens is 176 g/mol. The summed E-state index contributed by atoms with van der Waals surface area (Å²) >= 11 is 0. The molecule has 2 heteroatoms. The summed E-state index contributed by atoms with van der Waals surface area (Å²) in [5.41, 5.74) is 2.65. The summed E-state index contributed by atoms with van der Waals surface area (Å²) in [6, 6.07) is 3.62. The number of hydrogen-bond donors (Lipinski definition) is 2. The van der Waals surface area contributed by atoms with E-state index in [-0.39, 0.29) is 0 Å². The van der Waals surface area contributed by atoms with Crippen molar-refractivity contribution in [3.8, 4) is 5.75 Å². The van der Waals surface area contributed by atoms with Gasteiger partial charge in [0, 0.05) is 6.42 Å². The molecule has 1 aliphatic carbocycles. The molecular formula is C12H16O2. The largest absolute Gasteiger partial charge is 0.508 e. The minimum absolute atomic E-state index is 0.313. The lowest BCUT2D eigenvalue weighted by Crippen LogP contribution is -2.12. The van der Waals surface area contributed by atoms with Crippen molar-refractivity contribution in [1.82, 2.24) is 0 Å². The Hall–Kier alpha value is -1.02. The van der Waals surface area contributed by atoms with Gasteiger partial charge in [0.25, 0.3) is 0 Å². The van der Waals surface area contributed by atoms with Gasteiger partial charge >= 0.3 is 0 Å². The fourth-order valence-electron chi connectivity index (χ4n) is 1.73. The third kappa shape index (κ3) is 1.62. The molecule has 1 aromatic carbocycles. The van der Waals surface area contributed by atoms with Crippen molar-refractivity contribution in [2.75, 3.05) is 0 Å². The molecule has 1 saturated carbocycles. The first-order valence-corrected chi connectivity index (χ1v) is 5.02. The van der Waals surface area contributed by atoms with Gasteiger partial charge in [0.2, 0.25) is 0 Å². The average Bonchev–Trinajstić information content (AvgIpc) is 2.86. The summed E-state index contributed by atoms with van der Waals surface area (Å²) in [6.07, 6.45) is 2.31. The average molecular weight is 192 g/mol. The Bertz CT molecular complexity index is 365. The van der Waals surface area contributed by atoms with Gasteiger partial charge in [-0.15, -0.1) is 0 Å². The quantitative estimate of drug-likeness (QED) is 0.753. The van der Waals surface area contributed by atoms with Gasteiger partial charge in [0.15, 0.2) is 0 Å². The highest BCUT2D eigenvalue weighted by Crippen LogP contribution is 2.41. The Labute approximate surface area is 84.2 Å². The molecule has 14 heavy (non-hydrogen) atoms. The van der Waals surface area contributed by atoms with E-state index < -0.39 is 5.60 Å². The number of phenols is 1. The molecule has 0 unspecified atom stereocenters. The van der Waals surface area contributed by atoms with Crippen LogP contribution in [-0.2, 0) is 6.42 Å². The molecule has 2 nitrogen and oxygen atoms in total. The van der Waals surface area contributed by atoms with E-state index in [9.17, 15) is 10.2 Å². The number of aromatic hydroxyl groups is 1. The number of phenolic OH excluding ortho intramolecular Hbond substituents is 1. The van der Waals surface area contributed by atoms with E-state index in [1.54, 1.807) is 6.07 Å². The molecule has 0 bridgehead atoms. The second-order valence-electron chi connectivity index (χ2n) is 4.41. The van der Waals surface area contributed by atoms with E-state index in [4.69, 9.17) is 0 Å². The van der Waals surface area contributed by atoms with Gasteiger partial charge in [-0.25, -0.2) is 0 Å². The van der Waals surface area contributed by atoms with Gasteiger partial charge in [-0.1, -0.05) is 6.07 Å². The number of benzene rings is 1. The first-order valence-electron chi connectivity index (χ1n) is 5.02. The van der Waals surface area contributed by atoms with Crippen LogP contribution in [0.25, 0.3) is 0 Å². The van der Waals surface area contributed by atoms with Gasteiger partial charge < -0.3 is 10.2 Å². The van der Waals surface area contributed by atoms with E-state index in [1.165, 1.54) is 5.56 Å². The van der Waals surface area contributed by atoms with Gasteiger partial charge in [-0.05, 0) is 49.4 Å². The molecule has 2 rings (SSSR count). The maximum atomic E-state index is 9.81. The molecule has 0 radical (unpaired) electrons. The monoisotopic (exact) mass is 192 g/mol. The van der Waals surface area contributed by atoms with E-state index in [1.807, 2.05) is 19.9 Å². The number of aryl methyl sites for hydroxylation is 1. The Morgan fingerprint density at radius 1 is 1.29 bits per heavy atom. The van der Waals surface area contributed by atoms with Crippen LogP contribution in [0, 0.1) is 13.8 Å². The molecule has 0 saturated heterocycles. The first kappa shape index (κ1) is 9.53. The lowest BCUT2D eigenvalue weighted by Gasteiger charge is -2.14. The zero-order chi connectivity index (χ0) is 10.3. The van der Waals surface area contributed by atoms with Crippen LogP contribution in [0.4, 0.5) is 0 Å². The topological polar surface area (TPSA) is 40.5 Å². The Morgan fingerprint density at radius 3 is 2.50 bits per heavy atom. The van der Waals surface area contributed by atoms with Crippen molar-refractivity contribution >= 4 is 0 Å². The van der Waals surface area contributed by atoms with E-state index in [2.05, 4.69) is 0 Å². The van der Waals surface area contributed by atoms with E-state index in [0.29, 0.717) is 12.2 Å². The zero-order valence-corrected chi connectivity index (χ0v) is 8.67. The number of aliphatic hydroxyl groups is 1. The predicted octanol–water partition coefficient (Wildman–Crippen LogP) is 2.08. The molecule has 76 valence electrons. The smallest absolute Gasteiger partial charge is 0.119 e. The van der Waals surface area contributed by atoms with Crippen LogP contribution >= 0.6 is 0 Å². The normalized spacial score (nSPS) is 18.2. The van der Waals surface area contributed by atoms with Crippen LogP contribution in [-0.4, -0.2) is 15.8 Å². The molecule has 0 amide bonds. The van der Waals surface area contributed by atoms with E-state index >= 15 is 0 Å². The van der Waals surface area contributed by atoms with Crippen molar-refractivity contribution in [2.45, 2.75) is 38.7 Å². The van der Waals surface area contributed by atoms with Crippen LogP contribution in [0.15, 0.2) is 12.1 Å². The second kappa shape index (κ2) is 2.99. The van der Waals surface area contributed by atoms with Crippen molar-refractivity contribution in [1.29, 1.82) is 0 Å². The summed E-state index contributed by atoms with van der Waals surface area (Å²) < 4.78 is 0. The van der Waals surface area contributed by atoms with Crippen molar-refractivity contribution < 1.29 is 10.2 Å². The van der Waals surface area contributed by atoms with Crippen LogP contribution in [0.1, 0.15) is 29.5 Å². The van der Waals surface area contributed by atoms with Crippen molar-refractivity contribution in [2.24, 2.45) is 0 Å². The SMILES string of the molecule is Cc1ccc(O)c(CC2(O)CC2)c1C. The summed E-state index contributed by atoms with van der Waals surface area (Å²) in [5, 5.41) is 19.5. The molecule has 0 aromatic heterocycles. The molecule has 0 atom stereocenters. The van der Waals surface area contributed by atoms with Gasteiger partial charge in [0.1, 0.15) is 5.75 Å². The number of hydrogen-bond acceptors (Lipinski definition) is 2. The Morgan fingerprint density at radius 2 is 1.93 bits per heavy atom. The summed E-state index contributed by atoms with van der Waals surface area (Å²) in [5.74, 6) is 0.313. The van der Waals surface area contributed by atoms with Gasteiger partial charge in [-0.3, -0.25) is 0 Å².